The Labute approximate surface area is 121 Å². The third kappa shape index (κ3) is 1.93. The van der Waals surface area contributed by atoms with Crippen LogP contribution >= 0.6 is 0 Å². The van der Waals surface area contributed by atoms with Gasteiger partial charge in [-0.15, -0.1) is 0 Å². The van der Waals surface area contributed by atoms with Crippen molar-refractivity contribution in [1.82, 2.24) is 4.90 Å². The molecule has 0 spiro atoms. The van der Waals surface area contributed by atoms with E-state index in [1.165, 1.54) is 0 Å². The number of para-hydroxylation sites is 1. The number of nitrogens with zero attached hydrogens (tertiary/aromatic N) is 1. The van der Waals surface area contributed by atoms with E-state index < -0.39 is 15.1 Å². The molecule has 3 aliphatic heterocycles. The number of rotatable bonds is 1. The van der Waals surface area contributed by atoms with Crippen molar-refractivity contribution in [3.8, 4) is 11.5 Å². The molecule has 21 heavy (non-hydrogen) atoms. The number of fused-ring (bicyclic) bond motifs is 3. The summed E-state index contributed by atoms with van der Waals surface area (Å²) in [5, 5.41) is 2.38. The van der Waals surface area contributed by atoms with E-state index in [1.807, 2.05) is 0 Å². The van der Waals surface area contributed by atoms with Crippen LogP contribution in [0.5, 0.6) is 11.5 Å². The zero-order chi connectivity index (χ0) is 14.6. The fourth-order valence-electron chi connectivity index (χ4n) is 3.16. The van der Waals surface area contributed by atoms with Crippen molar-refractivity contribution < 1.29 is 22.7 Å². The summed E-state index contributed by atoms with van der Waals surface area (Å²) in [5.74, 6) is 1.18. The van der Waals surface area contributed by atoms with Crippen LogP contribution in [-0.4, -0.2) is 49.7 Å². The highest BCUT2D eigenvalue weighted by Gasteiger charge is 2.50. The summed E-state index contributed by atoms with van der Waals surface area (Å²) < 4.78 is 34.0. The molecule has 0 radical (unpaired) electrons. The number of carbonyl (C=O) groups excluding carboxylic acids is 1. The normalized spacial score (nSPS) is 27.9. The minimum atomic E-state index is -3.00. The van der Waals surface area contributed by atoms with E-state index >= 15 is 0 Å². The Bertz CT molecular complexity index is 717. The highest BCUT2D eigenvalue weighted by Crippen LogP contribution is 2.39. The molecule has 1 N–H and O–H groups in total. The SMILES string of the molecule is O=C(Nc1cccc2c1OCO2)N1C[C@H]2C[C@H]1CS2(=O)=O. The Morgan fingerprint density at radius 3 is 2.90 bits per heavy atom. The van der Waals surface area contributed by atoms with Crippen LogP contribution in [0.15, 0.2) is 18.2 Å². The highest BCUT2D eigenvalue weighted by molar-refractivity contribution is 7.92. The lowest BCUT2D eigenvalue weighted by Gasteiger charge is -2.27. The van der Waals surface area contributed by atoms with Crippen LogP contribution < -0.4 is 14.8 Å². The smallest absolute Gasteiger partial charge is 0.322 e. The summed E-state index contributed by atoms with van der Waals surface area (Å²) in [4.78, 5) is 13.9. The molecule has 0 unspecified atom stereocenters. The van der Waals surface area contributed by atoms with E-state index in [0.29, 0.717) is 23.6 Å². The van der Waals surface area contributed by atoms with Crippen molar-refractivity contribution in [3.05, 3.63) is 18.2 Å². The number of likely N-dealkylation sites (tertiary alicyclic amines) is 1. The van der Waals surface area contributed by atoms with Crippen LogP contribution in [0.4, 0.5) is 10.5 Å². The van der Waals surface area contributed by atoms with E-state index in [-0.39, 0.29) is 31.2 Å². The summed E-state index contributed by atoms with van der Waals surface area (Å²) in [6.07, 6.45) is 0.544. The lowest BCUT2D eigenvalue weighted by Crippen LogP contribution is -2.46. The second kappa shape index (κ2) is 4.27. The van der Waals surface area contributed by atoms with Crippen molar-refractivity contribution in [1.29, 1.82) is 0 Å². The Morgan fingerprint density at radius 1 is 1.33 bits per heavy atom. The zero-order valence-corrected chi connectivity index (χ0v) is 11.9. The lowest BCUT2D eigenvalue weighted by atomic mass is 10.2. The van der Waals surface area contributed by atoms with Gasteiger partial charge in [-0.05, 0) is 18.6 Å². The quantitative estimate of drug-likeness (QED) is 0.830. The van der Waals surface area contributed by atoms with Crippen LogP contribution in [0.1, 0.15) is 6.42 Å². The minimum Gasteiger partial charge on any atom is -0.454 e. The third-order valence-corrected chi connectivity index (χ3v) is 6.41. The van der Waals surface area contributed by atoms with E-state index in [4.69, 9.17) is 9.47 Å². The summed E-state index contributed by atoms with van der Waals surface area (Å²) in [6, 6.07) is 4.76. The summed E-state index contributed by atoms with van der Waals surface area (Å²) in [6.45, 7) is 0.403. The second-order valence-electron chi connectivity index (χ2n) is 5.46. The maximum absolute atomic E-state index is 12.3. The summed E-state index contributed by atoms with van der Waals surface area (Å²) >= 11 is 0. The van der Waals surface area contributed by atoms with Crippen molar-refractivity contribution >= 4 is 21.6 Å². The molecule has 4 rings (SSSR count). The molecule has 2 atom stereocenters. The van der Waals surface area contributed by atoms with E-state index in [1.54, 1.807) is 23.1 Å². The van der Waals surface area contributed by atoms with Crippen LogP contribution in [0.2, 0.25) is 0 Å². The monoisotopic (exact) mass is 310 g/mol. The topological polar surface area (TPSA) is 84.9 Å². The van der Waals surface area contributed by atoms with Gasteiger partial charge in [-0.25, -0.2) is 13.2 Å². The number of ether oxygens (including phenoxy) is 2. The molecular formula is C13H14N2O5S. The minimum absolute atomic E-state index is 0.0671. The van der Waals surface area contributed by atoms with Gasteiger partial charge in [-0.1, -0.05) is 6.07 Å². The van der Waals surface area contributed by atoms with Crippen LogP contribution in [0.3, 0.4) is 0 Å². The number of hydrogen-bond acceptors (Lipinski definition) is 5. The molecular weight excluding hydrogens is 296 g/mol. The molecule has 0 aliphatic carbocycles. The number of amides is 2. The molecule has 8 heteroatoms. The first-order valence-corrected chi connectivity index (χ1v) is 8.44. The van der Waals surface area contributed by atoms with Crippen molar-refractivity contribution in [2.75, 3.05) is 24.4 Å². The molecule has 3 aliphatic rings. The van der Waals surface area contributed by atoms with Gasteiger partial charge in [-0.2, -0.15) is 0 Å². The van der Waals surface area contributed by atoms with Crippen molar-refractivity contribution in [3.63, 3.8) is 0 Å². The fourth-order valence-corrected chi connectivity index (χ4v) is 5.19. The number of benzene rings is 1. The molecule has 0 aromatic heterocycles. The molecule has 0 saturated carbocycles. The van der Waals surface area contributed by atoms with Gasteiger partial charge in [0.1, 0.15) is 0 Å². The highest BCUT2D eigenvalue weighted by atomic mass is 32.2. The first kappa shape index (κ1) is 12.8. The number of hydrogen-bond donors (Lipinski definition) is 1. The predicted octanol–water partition coefficient (Wildman–Crippen LogP) is 0.819. The first-order valence-electron chi connectivity index (χ1n) is 6.72. The fraction of sp³-hybridized carbons (Fsp3) is 0.462. The van der Waals surface area contributed by atoms with Gasteiger partial charge >= 0.3 is 6.03 Å². The number of urea groups is 1. The zero-order valence-electron chi connectivity index (χ0n) is 11.1. The number of nitrogens with one attached hydrogen (secondary N) is 1. The van der Waals surface area contributed by atoms with Crippen LogP contribution in [0.25, 0.3) is 0 Å². The first-order chi connectivity index (χ1) is 10.0. The second-order valence-corrected chi connectivity index (χ2v) is 7.79. The van der Waals surface area contributed by atoms with E-state index in [9.17, 15) is 13.2 Å². The molecule has 2 bridgehead atoms. The van der Waals surface area contributed by atoms with Crippen LogP contribution in [-0.2, 0) is 9.84 Å². The van der Waals surface area contributed by atoms with Gasteiger partial charge in [0.15, 0.2) is 21.3 Å². The number of sulfone groups is 1. The van der Waals surface area contributed by atoms with Gasteiger partial charge in [-0.3, -0.25) is 0 Å². The Balaban J connectivity index is 1.52. The van der Waals surface area contributed by atoms with Crippen molar-refractivity contribution in [2.45, 2.75) is 17.7 Å². The van der Waals surface area contributed by atoms with Gasteiger partial charge < -0.3 is 19.7 Å². The molecule has 2 fully saturated rings. The Hall–Kier alpha value is -1.96. The molecule has 2 amide bonds. The van der Waals surface area contributed by atoms with Gasteiger partial charge in [0.05, 0.1) is 16.7 Å². The van der Waals surface area contributed by atoms with Gasteiger partial charge in [0.25, 0.3) is 0 Å². The Morgan fingerprint density at radius 2 is 2.19 bits per heavy atom. The number of carbonyl (C=O) groups is 1. The standard InChI is InChI=1S/C13H14N2O5S/c16-13(15-5-9-4-8(15)6-21(9,17)18)14-10-2-1-3-11-12(10)20-7-19-11/h1-3,8-9H,4-7H2,(H,14,16)/t8-,9+/m0/s1. The largest absolute Gasteiger partial charge is 0.454 e. The molecule has 1 aromatic rings. The van der Waals surface area contributed by atoms with Gasteiger partial charge in [0.2, 0.25) is 6.79 Å². The molecule has 112 valence electrons. The lowest BCUT2D eigenvalue weighted by molar-refractivity contribution is 0.174. The summed E-state index contributed by atoms with van der Waals surface area (Å²) in [5.41, 5.74) is 0.542. The third-order valence-electron chi connectivity index (χ3n) is 4.21. The maximum Gasteiger partial charge on any atom is 0.322 e. The van der Waals surface area contributed by atoms with Crippen molar-refractivity contribution in [2.24, 2.45) is 0 Å². The molecule has 7 nitrogen and oxygen atoms in total. The van der Waals surface area contributed by atoms with Gasteiger partial charge in [0, 0.05) is 12.6 Å². The predicted molar refractivity (Wildman–Crippen MR) is 74.3 cm³/mol. The summed E-state index contributed by atoms with van der Waals surface area (Å²) in [7, 11) is -3.00. The average Bonchev–Trinajstić information content (AvgIpc) is 3.10. The van der Waals surface area contributed by atoms with E-state index in [2.05, 4.69) is 5.32 Å². The Kier molecular flexibility index (Phi) is 2.59. The molecule has 3 heterocycles. The maximum atomic E-state index is 12.3. The van der Waals surface area contributed by atoms with Crippen LogP contribution in [0, 0.1) is 0 Å². The molecule has 2 saturated heterocycles. The van der Waals surface area contributed by atoms with E-state index in [0.717, 1.165) is 0 Å². The average molecular weight is 310 g/mol. The molecule has 1 aromatic carbocycles. The number of anilines is 1.